The molecule has 5 nitrogen and oxygen atoms in total. The molecular formula is C20H25N3O2. The Bertz CT molecular complexity index is 720. The van der Waals surface area contributed by atoms with Gasteiger partial charge >= 0.3 is 0 Å². The highest BCUT2D eigenvalue weighted by molar-refractivity contribution is 5.94. The summed E-state index contributed by atoms with van der Waals surface area (Å²) in [6, 6.07) is 11.7. The van der Waals surface area contributed by atoms with Gasteiger partial charge in [-0.25, -0.2) is 0 Å². The molecule has 0 bridgehead atoms. The van der Waals surface area contributed by atoms with E-state index in [9.17, 15) is 4.79 Å². The molecule has 0 aliphatic carbocycles. The topological polar surface area (TPSA) is 45.7 Å². The average molecular weight is 339 g/mol. The number of nitrogens with zero attached hydrogens (tertiary/aromatic N) is 3. The van der Waals surface area contributed by atoms with Gasteiger partial charge in [-0.3, -0.25) is 14.7 Å². The molecule has 1 aliphatic heterocycles. The smallest absolute Gasteiger partial charge is 0.253 e. The second kappa shape index (κ2) is 7.66. The van der Waals surface area contributed by atoms with Crippen molar-refractivity contribution in [3.05, 3.63) is 59.9 Å². The van der Waals surface area contributed by atoms with Gasteiger partial charge in [-0.1, -0.05) is 12.1 Å². The Kier molecular flexibility index (Phi) is 5.34. The van der Waals surface area contributed by atoms with Crippen LogP contribution in [0.5, 0.6) is 5.75 Å². The van der Waals surface area contributed by atoms with E-state index in [1.54, 1.807) is 19.4 Å². The van der Waals surface area contributed by atoms with Gasteiger partial charge < -0.3 is 9.64 Å². The summed E-state index contributed by atoms with van der Waals surface area (Å²) in [4.78, 5) is 21.2. The Morgan fingerprint density at radius 2 is 2.20 bits per heavy atom. The third kappa shape index (κ3) is 3.82. The number of hydrogen-bond donors (Lipinski definition) is 0. The minimum atomic E-state index is 0.0263. The zero-order chi connectivity index (χ0) is 17.8. The Balaban J connectivity index is 1.73. The highest BCUT2D eigenvalue weighted by Crippen LogP contribution is 2.36. The number of rotatable bonds is 5. The lowest BCUT2D eigenvalue weighted by molar-refractivity contribution is 0.0760. The van der Waals surface area contributed by atoms with Crippen molar-refractivity contribution in [1.82, 2.24) is 14.8 Å². The number of aromatic nitrogens is 1. The molecule has 1 fully saturated rings. The monoisotopic (exact) mass is 339 g/mol. The van der Waals surface area contributed by atoms with Crippen molar-refractivity contribution in [3.63, 3.8) is 0 Å². The van der Waals surface area contributed by atoms with Crippen molar-refractivity contribution < 1.29 is 9.53 Å². The van der Waals surface area contributed by atoms with E-state index in [0.29, 0.717) is 23.3 Å². The van der Waals surface area contributed by atoms with E-state index in [-0.39, 0.29) is 5.91 Å². The fourth-order valence-electron chi connectivity index (χ4n) is 3.71. The van der Waals surface area contributed by atoms with E-state index in [1.807, 2.05) is 42.4 Å². The first-order valence-corrected chi connectivity index (χ1v) is 8.60. The summed E-state index contributed by atoms with van der Waals surface area (Å²) in [5, 5.41) is 0. The van der Waals surface area contributed by atoms with E-state index in [0.717, 1.165) is 19.5 Å². The van der Waals surface area contributed by atoms with Crippen LogP contribution in [0.4, 0.5) is 0 Å². The van der Waals surface area contributed by atoms with E-state index < -0.39 is 0 Å². The Labute approximate surface area is 149 Å². The molecule has 1 aromatic heterocycles. The second-order valence-corrected chi connectivity index (χ2v) is 6.68. The Hall–Kier alpha value is -2.40. The van der Waals surface area contributed by atoms with Crippen LogP contribution in [-0.2, 0) is 0 Å². The number of carbonyl (C=O) groups excluding carboxylic acids is 1. The molecule has 2 aromatic rings. The predicted molar refractivity (Wildman–Crippen MR) is 97.7 cm³/mol. The van der Waals surface area contributed by atoms with Gasteiger partial charge in [0, 0.05) is 37.6 Å². The third-order valence-electron chi connectivity index (χ3n) is 4.97. The lowest BCUT2D eigenvalue weighted by Gasteiger charge is -2.28. The molecule has 0 saturated carbocycles. The maximum Gasteiger partial charge on any atom is 0.253 e. The van der Waals surface area contributed by atoms with Crippen LogP contribution >= 0.6 is 0 Å². The number of amides is 1. The molecule has 1 amide bonds. The van der Waals surface area contributed by atoms with Gasteiger partial charge in [-0.2, -0.15) is 0 Å². The third-order valence-corrected chi connectivity index (χ3v) is 4.97. The van der Waals surface area contributed by atoms with E-state index in [2.05, 4.69) is 23.0 Å². The van der Waals surface area contributed by atoms with Crippen molar-refractivity contribution >= 4 is 5.91 Å². The maximum absolute atomic E-state index is 12.8. The molecule has 2 heterocycles. The summed E-state index contributed by atoms with van der Waals surface area (Å²) in [6.07, 6.45) is 4.81. The molecule has 0 spiro atoms. The predicted octanol–water partition coefficient (Wildman–Crippen LogP) is 2.86. The standard InChI is InChI=1S/C20H25N3O2/c1-22-11-9-17(19(22)16-7-5-10-21-13-16)14-23(2)20(24)15-6-4-8-18(12-15)25-3/h4-8,10,12-13,17,19H,9,11,14H2,1-3H3/t17-,19-/m0/s1. The molecule has 5 heteroatoms. The van der Waals surface area contributed by atoms with Gasteiger partial charge in [0.2, 0.25) is 0 Å². The lowest BCUT2D eigenvalue weighted by Crippen LogP contribution is -2.34. The van der Waals surface area contributed by atoms with Crippen molar-refractivity contribution in [2.24, 2.45) is 5.92 Å². The highest BCUT2D eigenvalue weighted by atomic mass is 16.5. The number of carbonyl (C=O) groups is 1. The molecular weight excluding hydrogens is 314 g/mol. The molecule has 0 N–H and O–H groups in total. The van der Waals surface area contributed by atoms with E-state index in [4.69, 9.17) is 4.74 Å². The molecule has 1 aliphatic rings. The summed E-state index contributed by atoms with van der Waals surface area (Å²) in [5.74, 6) is 1.13. The normalized spacial score (nSPS) is 20.4. The lowest BCUT2D eigenvalue weighted by atomic mass is 9.94. The van der Waals surface area contributed by atoms with Crippen LogP contribution in [0.2, 0.25) is 0 Å². The second-order valence-electron chi connectivity index (χ2n) is 6.68. The van der Waals surface area contributed by atoms with Crippen molar-refractivity contribution in [3.8, 4) is 5.75 Å². The molecule has 2 atom stereocenters. The number of methoxy groups -OCH3 is 1. The highest BCUT2D eigenvalue weighted by Gasteiger charge is 2.34. The first-order valence-electron chi connectivity index (χ1n) is 8.60. The van der Waals surface area contributed by atoms with Crippen LogP contribution in [0, 0.1) is 5.92 Å². The van der Waals surface area contributed by atoms with Gasteiger partial charge in [0.25, 0.3) is 5.91 Å². The van der Waals surface area contributed by atoms with Crippen LogP contribution in [0.15, 0.2) is 48.8 Å². The molecule has 25 heavy (non-hydrogen) atoms. The molecule has 132 valence electrons. The summed E-state index contributed by atoms with van der Waals surface area (Å²) in [5.41, 5.74) is 1.88. The van der Waals surface area contributed by atoms with E-state index in [1.165, 1.54) is 5.56 Å². The molecule has 1 saturated heterocycles. The zero-order valence-electron chi connectivity index (χ0n) is 15.1. The van der Waals surface area contributed by atoms with Gasteiger partial charge in [-0.05, 0) is 55.8 Å². The quantitative estimate of drug-likeness (QED) is 0.840. The minimum Gasteiger partial charge on any atom is -0.497 e. The van der Waals surface area contributed by atoms with Gasteiger partial charge in [0.1, 0.15) is 5.75 Å². The maximum atomic E-state index is 12.8. The summed E-state index contributed by atoms with van der Waals surface area (Å²) in [6.45, 7) is 1.76. The van der Waals surface area contributed by atoms with Crippen LogP contribution in [0.1, 0.15) is 28.4 Å². The number of ether oxygens (including phenoxy) is 1. The van der Waals surface area contributed by atoms with Crippen LogP contribution in [0.25, 0.3) is 0 Å². The number of hydrogen-bond acceptors (Lipinski definition) is 4. The summed E-state index contributed by atoms with van der Waals surface area (Å²) in [7, 11) is 5.63. The zero-order valence-corrected chi connectivity index (χ0v) is 15.1. The van der Waals surface area contributed by atoms with Crippen molar-refractivity contribution in [1.29, 1.82) is 0 Å². The molecule has 3 rings (SSSR count). The Morgan fingerprint density at radius 1 is 1.36 bits per heavy atom. The van der Waals surface area contributed by atoms with Crippen LogP contribution in [-0.4, -0.2) is 55.0 Å². The first kappa shape index (κ1) is 17.4. The van der Waals surface area contributed by atoms with Gasteiger partial charge in [-0.15, -0.1) is 0 Å². The SMILES string of the molecule is COc1cccc(C(=O)N(C)C[C@@H]2CCN(C)[C@H]2c2cccnc2)c1. The fourth-order valence-corrected chi connectivity index (χ4v) is 3.71. The summed E-state index contributed by atoms with van der Waals surface area (Å²) < 4.78 is 5.22. The van der Waals surface area contributed by atoms with Crippen LogP contribution < -0.4 is 4.74 Å². The molecule has 1 aromatic carbocycles. The molecule has 0 radical (unpaired) electrons. The first-order chi connectivity index (χ1) is 12.1. The van der Waals surface area contributed by atoms with Crippen molar-refractivity contribution in [2.45, 2.75) is 12.5 Å². The van der Waals surface area contributed by atoms with Crippen LogP contribution in [0.3, 0.4) is 0 Å². The largest absolute Gasteiger partial charge is 0.497 e. The summed E-state index contributed by atoms with van der Waals surface area (Å²) >= 11 is 0. The minimum absolute atomic E-state index is 0.0263. The van der Waals surface area contributed by atoms with E-state index >= 15 is 0 Å². The van der Waals surface area contributed by atoms with Gasteiger partial charge in [0.05, 0.1) is 7.11 Å². The van der Waals surface area contributed by atoms with Gasteiger partial charge in [0.15, 0.2) is 0 Å². The number of benzene rings is 1. The number of pyridine rings is 1. The fraction of sp³-hybridized carbons (Fsp3) is 0.400. The Morgan fingerprint density at radius 3 is 2.92 bits per heavy atom. The molecule has 0 unspecified atom stereocenters. The average Bonchev–Trinajstić information content (AvgIpc) is 3.02. The van der Waals surface area contributed by atoms with Crippen molar-refractivity contribution in [2.75, 3.05) is 34.3 Å². The number of likely N-dealkylation sites (tertiary alicyclic amines) is 1.